The van der Waals surface area contributed by atoms with Gasteiger partial charge in [0.05, 0.1) is 5.02 Å². The van der Waals surface area contributed by atoms with Gasteiger partial charge in [0.15, 0.2) is 0 Å². The third-order valence-electron chi connectivity index (χ3n) is 5.29. The topological polar surface area (TPSA) is 86.8 Å². The van der Waals surface area contributed by atoms with Crippen molar-refractivity contribution in [3.63, 3.8) is 0 Å². The van der Waals surface area contributed by atoms with Gasteiger partial charge in [-0.1, -0.05) is 37.6 Å². The van der Waals surface area contributed by atoms with E-state index in [0.717, 1.165) is 24.2 Å². The minimum absolute atomic E-state index is 0.0786. The first-order valence-electron chi connectivity index (χ1n) is 10.2. The summed E-state index contributed by atoms with van der Waals surface area (Å²) in [5.74, 6) is -0.272. The van der Waals surface area contributed by atoms with E-state index >= 15 is 0 Å². The van der Waals surface area contributed by atoms with Crippen molar-refractivity contribution in [2.75, 3.05) is 24.5 Å². The summed E-state index contributed by atoms with van der Waals surface area (Å²) in [5, 5.41) is 2.88. The van der Waals surface area contributed by atoms with Crippen LogP contribution in [0.2, 0.25) is 5.02 Å². The predicted octanol–water partition coefficient (Wildman–Crippen LogP) is 3.43. The van der Waals surface area contributed by atoms with Crippen LogP contribution in [0.5, 0.6) is 0 Å². The van der Waals surface area contributed by atoms with Gasteiger partial charge in [0.2, 0.25) is 15.9 Å². The van der Waals surface area contributed by atoms with Crippen molar-refractivity contribution in [1.29, 1.82) is 0 Å². The number of benzene rings is 2. The molecule has 9 heteroatoms. The third kappa shape index (κ3) is 5.08. The van der Waals surface area contributed by atoms with Crippen LogP contribution in [-0.4, -0.2) is 44.2 Å². The van der Waals surface area contributed by atoms with E-state index < -0.39 is 15.9 Å². The molecule has 31 heavy (non-hydrogen) atoms. The molecule has 3 rings (SSSR count). The highest BCUT2D eigenvalue weighted by atomic mass is 35.5. The number of nitrogens with zero attached hydrogens (tertiary/aromatic N) is 2. The Labute approximate surface area is 188 Å². The van der Waals surface area contributed by atoms with Crippen molar-refractivity contribution < 1.29 is 18.0 Å². The van der Waals surface area contributed by atoms with E-state index in [2.05, 4.69) is 5.32 Å². The smallest absolute Gasteiger partial charge is 0.251 e. The fourth-order valence-electron chi connectivity index (χ4n) is 3.54. The van der Waals surface area contributed by atoms with Gasteiger partial charge in [0.25, 0.3) is 5.91 Å². The molecule has 0 unspecified atom stereocenters. The highest BCUT2D eigenvalue weighted by Gasteiger charge is 2.25. The predicted molar refractivity (Wildman–Crippen MR) is 121 cm³/mol. The van der Waals surface area contributed by atoms with Gasteiger partial charge in [-0.15, -0.1) is 0 Å². The van der Waals surface area contributed by atoms with E-state index in [0.29, 0.717) is 19.5 Å². The van der Waals surface area contributed by atoms with E-state index in [9.17, 15) is 18.0 Å². The lowest BCUT2D eigenvalue weighted by Crippen LogP contribution is -2.31. The highest BCUT2D eigenvalue weighted by molar-refractivity contribution is 7.89. The molecular formula is C22H26ClN3O4S. The summed E-state index contributed by atoms with van der Waals surface area (Å²) in [4.78, 5) is 26.1. The maximum Gasteiger partial charge on any atom is 0.251 e. The van der Waals surface area contributed by atoms with E-state index in [1.165, 1.54) is 22.5 Å². The Balaban J connectivity index is 1.70. The van der Waals surface area contributed by atoms with Crippen LogP contribution in [-0.2, 0) is 21.4 Å². The molecule has 1 saturated heterocycles. The minimum Gasteiger partial charge on any atom is -0.348 e. The summed E-state index contributed by atoms with van der Waals surface area (Å²) in [6, 6.07) is 11.7. The molecule has 1 N–H and O–H groups in total. The molecular weight excluding hydrogens is 438 g/mol. The van der Waals surface area contributed by atoms with Crippen LogP contribution in [0.15, 0.2) is 47.4 Å². The molecule has 0 bridgehead atoms. The monoisotopic (exact) mass is 463 g/mol. The van der Waals surface area contributed by atoms with Crippen LogP contribution in [0.1, 0.15) is 42.6 Å². The minimum atomic E-state index is -3.78. The summed E-state index contributed by atoms with van der Waals surface area (Å²) < 4.78 is 26.9. The second-order valence-electron chi connectivity index (χ2n) is 7.23. The Kier molecular flexibility index (Phi) is 7.35. The second kappa shape index (κ2) is 9.80. The van der Waals surface area contributed by atoms with Crippen LogP contribution >= 0.6 is 11.6 Å². The summed E-state index contributed by atoms with van der Waals surface area (Å²) in [6.45, 7) is 5.11. The van der Waals surface area contributed by atoms with Gasteiger partial charge in [-0.05, 0) is 42.3 Å². The molecule has 2 amide bonds. The Bertz CT molecular complexity index is 1070. The first-order valence-corrected chi connectivity index (χ1v) is 12.1. The van der Waals surface area contributed by atoms with Gasteiger partial charge in [-0.25, -0.2) is 8.42 Å². The quantitative estimate of drug-likeness (QED) is 0.649. The van der Waals surface area contributed by atoms with Gasteiger partial charge < -0.3 is 10.2 Å². The number of sulfonamides is 1. The zero-order valence-electron chi connectivity index (χ0n) is 17.6. The lowest BCUT2D eigenvalue weighted by atomic mass is 10.1. The number of hydrogen-bond donors (Lipinski definition) is 1. The summed E-state index contributed by atoms with van der Waals surface area (Å²) in [6.07, 6.45) is 1.44. The van der Waals surface area contributed by atoms with Crippen LogP contribution < -0.4 is 10.2 Å². The Hall–Kier alpha value is -2.42. The standard InChI is InChI=1S/C22H26ClN3O4S/c1-3-25(4-2)31(29,30)20-14-17(9-12-19(20)23)22(28)24-15-16-7-10-18(11-8-16)26-13-5-6-21(26)27/h7-12,14H,3-6,13,15H2,1-2H3,(H,24,28). The zero-order chi connectivity index (χ0) is 22.6. The van der Waals surface area contributed by atoms with Crippen molar-refractivity contribution in [1.82, 2.24) is 9.62 Å². The fourth-order valence-corrected chi connectivity index (χ4v) is 5.50. The van der Waals surface area contributed by atoms with Crippen molar-refractivity contribution in [3.05, 3.63) is 58.6 Å². The highest BCUT2D eigenvalue weighted by Crippen LogP contribution is 2.26. The zero-order valence-corrected chi connectivity index (χ0v) is 19.2. The molecule has 166 valence electrons. The van der Waals surface area contributed by atoms with Gasteiger partial charge in [-0.3, -0.25) is 9.59 Å². The van der Waals surface area contributed by atoms with Crippen LogP contribution in [0.3, 0.4) is 0 Å². The maximum absolute atomic E-state index is 12.8. The molecule has 0 aromatic heterocycles. The normalized spacial score (nSPS) is 14.3. The number of amides is 2. The molecule has 7 nitrogen and oxygen atoms in total. The molecule has 2 aromatic carbocycles. The van der Waals surface area contributed by atoms with E-state index in [1.54, 1.807) is 18.7 Å². The van der Waals surface area contributed by atoms with E-state index in [-0.39, 0.29) is 27.9 Å². The average Bonchev–Trinajstić information content (AvgIpc) is 3.19. The SMILES string of the molecule is CCN(CC)S(=O)(=O)c1cc(C(=O)NCc2ccc(N3CCCC3=O)cc2)ccc1Cl. The molecule has 0 aliphatic carbocycles. The van der Waals surface area contributed by atoms with Crippen LogP contribution in [0.25, 0.3) is 0 Å². The maximum atomic E-state index is 12.8. The molecule has 2 aromatic rings. The number of hydrogen-bond acceptors (Lipinski definition) is 4. The van der Waals surface area contributed by atoms with Crippen LogP contribution in [0, 0.1) is 0 Å². The van der Waals surface area contributed by atoms with Gasteiger partial charge >= 0.3 is 0 Å². The van der Waals surface area contributed by atoms with E-state index in [1.807, 2.05) is 24.3 Å². The third-order valence-corrected chi connectivity index (χ3v) is 7.82. The van der Waals surface area contributed by atoms with Crippen LogP contribution in [0.4, 0.5) is 5.69 Å². The lowest BCUT2D eigenvalue weighted by molar-refractivity contribution is -0.117. The first kappa shape index (κ1) is 23.2. The summed E-state index contributed by atoms with van der Waals surface area (Å²) >= 11 is 6.13. The number of carbonyl (C=O) groups is 2. The van der Waals surface area contributed by atoms with Gasteiger partial charge in [0.1, 0.15) is 4.90 Å². The number of rotatable bonds is 8. The molecule has 1 heterocycles. The first-order chi connectivity index (χ1) is 14.8. The van der Waals surface area contributed by atoms with Crippen molar-refractivity contribution in [2.24, 2.45) is 0 Å². The molecule has 0 atom stereocenters. The Morgan fingerprint density at radius 2 is 1.81 bits per heavy atom. The molecule has 0 radical (unpaired) electrons. The van der Waals surface area contributed by atoms with Crippen molar-refractivity contribution in [2.45, 2.75) is 38.1 Å². The Morgan fingerprint density at radius 1 is 1.13 bits per heavy atom. The summed E-state index contributed by atoms with van der Waals surface area (Å²) in [7, 11) is -3.78. The Morgan fingerprint density at radius 3 is 2.39 bits per heavy atom. The molecule has 0 spiro atoms. The number of halogens is 1. The van der Waals surface area contributed by atoms with Gasteiger partial charge in [-0.2, -0.15) is 4.31 Å². The van der Waals surface area contributed by atoms with Gasteiger partial charge in [0, 0.05) is 43.9 Å². The number of nitrogens with one attached hydrogen (secondary N) is 1. The number of carbonyl (C=O) groups excluding carboxylic acids is 2. The molecule has 1 fully saturated rings. The van der Waals surface area contributed by atoms with Crippen molar-refractivity contribution >= 4 is 39.1 Å². The molecule has 1 aliphatic heterocycles. The van der Waals surface area contributed by atoms with E-state index in [4.69, 9.17) is 11.6 Å². The molecule has 1 aliphatic rings. The largest absolute Gasteiger partial charge is 0.348 e. The molecule has 0 saturated carbocycles. The fraction of sp³-hybridized carbons (Fsp3) is 0.364. The van der Waals surface area contributed by atoms with Crippen molar-refractivity contribution in [3.8, 4) is 0 Å². The average molecular weight is 464 g/mol. The second-order valence-corrected chi connectivity index (χ2v) is 9.55. The summed E-state index contributed by atoms with van der Waals surface area (Å²) in [5.41, 5.74) is 1.93. The lowest BCUT2D eigenvalue weighted by Gasteiger charge is -2.19. The number of anilines is 1.